The van der Waals surface area contributed by atoms with Crippen molar-refractivity contribution in [3.63, 3.8) is 0 Å². The van der Waals surface area contributed by atoms with Crippen molar-refractivity contribution in [1.82, 2.24) is 20.0 Å². The van der Waals surface area contributed by atoms with E-state index in [0.717, 1.165) is 12.8 Å². The molecule has 1 aliphatic carbocycles. The number of aromatic nitrogens is 4. The molecular weight excluding hydrogens is 467 g/mol. The lowest BCUT2D eigenvalue weighted by atomic mass is 9.96. The van der Waals surface area contributed by atoms with Crippen LogP contribution in [-0.4, -0.2) is 26.5 Å². The number of nitrogens with one attached hydrogen (secondary N) is 2. The van der Waals surface area contributed by atoms with Crippen molar-refractivity contribution in [2.45, 2.75) is 45.7 Å². The SMILES string of the molecule is [2H]C(Nc1cc(C#N)c2ncc(C#N)c(NCC(C)(C)C)c2c1)(c1ccc(F)cc1)c1cn(C2CC2)nn1. The molecule has 1 fully saturated rings. The second-order valence-electron chi connectivity index (χ2n) is 10.4. The molecule has 1 unspecified atom stereocenters. The molecule has 8 nitrogen and oxygen atoms in total. The normalized spacial score (nSPS) is 15.4. The Morgan fingerprint density at radius 2 is 1.89 bits per heavy atom. The van der Waals surface area contributed by atoms with Crippen LogP contribution in [0.15, 0.2) is 48.8 Å². The van der Waals surface area contributed by atoms with Crippen LogP contribution in [0.25, 0.3) is 10.9 Å². The number of rotatable bonds is 7. The third kappa shape index (κ3) is 5.22. The number of pyridine rings is 1. The van der Waals surface area contributed by atoms with Crippen LogP contribution >= 0.6 is 0 Å². The predicted molar refractivity (Wildman–Crippen MR) is 139 cm³/mol. The monoisotopic (exact) mass is 495 g/mol. The first-order chi connectivity index (χ1) is 18.1. The first-order valence-electron chi connectivity index (χ1n) is 12.6. The third-order valence-electron chi connectivity index (χ3n) is 6.10. The molecule has 0 radical (unpaired) electrons. The van der Waals surface area contributed by atoms with Gasteiger partial charge in [0.05, 0.1) is 42.0 Å². The van der Waals surface area contributed by atoms with Gasteiger partial charge in [0.25, 0.3) is 0 Å². The van der Waals surface area contributed by atoms with Crippen molar-refractivity contribution in [2.75, 3.05) is 17.2 Å². The summed E-state index contributed by atoms with van der Waals surface area (Å²) in [7, 11) is 0. The summed E-state index contributed by atoms with van der Waals surface area (Å²) in [5, 5.41) is 35.4. The van der Waals surface area contributed by atoms with Crippen LogP contribution in [-0.2, 0) is 0 Å². The molecule has 0 saturated heterocycles. The molecule has 2 aromatic heterocycles. The molecule has 0 bridgehead atoms. The number of halogens is 1. The molecule has 1 atom stereocenters. The molecular formula is C28H27FN8. The highest BCUT2D eigenvalue weighted by Gasteiger charge is 2.27. The number of nitrogens with zero attached hydrogens (tertiary/aromatic N) is 6. The van der Waals surface area contributed by atoms with Gasteiger partial charge in [0, 0.05) is 23.8 Å². The number of anilines is 2. The van der Waals surface area contributed by atoms with E-state index in [4.69, 9.17) is 0 Å². The molecule has 1 saturated carbocycles. The number of hydrogen-bond donors (Lipinski definition) is 2. The van der Waals surface area contributed by atoms with E-state index in [-0.39, 0.29) is 17.0 Å². The lowest BCUT2D eigenvalue weighted by molar-refractivity contribution is 0.443. The van der Waals surface area contributed by atoms with Crippen LogP contribution in [0.3, 0.4) is 0 Å². The maximum atomic E-state index is 13.8. The lowest BCUT2D eigenvalue weighted by Gasteiger charge is -2.22. The highest BCUT2D eigenvalue weighted by Crippen LogP contribution is 2.36. The average Bonchev–Trinajstić information content (AvgIpc) is 3.62. The molecule has 0 spiro atoms. The van der Waals surface area contributed by atoms with Crippen LogP contribution in [0.1, 0.15) is 69.4 Å². The fraction of sp³-hybridized carbons (Fsp3) is 0.321. The second-order valence-corrected chi connectivity index (χ2v) is 10.4. The van der Waals surface area contributed by atoms with Crippen molar-refractivity contribution < 1.29 is 5.76 Å². The smallest absolute Gasteiger partial charge is 0.123 e. The van der Waals surface area contributed by atoms with Gasteiger partial charge >= 0.3 is 0 Å². The average molecular weight is 496 g/mol. The van der Waals surface area contributed by atoms with Gasteiger partial charge in [-0.25, -0.2) is 9.07 Å². The summed E-state index contributed by atoms with van der Waals surface area (Å²) in [4.78, 5) is 4.39. The first-order valence-corrected chi connectivity index (χ1v) is 12.1. The van der Waals surface area contributed by atoms with Gasteiger partial charge in [0.15, 0.2) is 0 Å². The maximum Gasteiger partial charge on any atom is 0.123 e. The van der Waals surface area contributed by atoms with Crippen molar-refractivity contribution in [3.8, 4) is 12.1 Å². The van der Waals surface area contributed by atoms with Gasteiger partial charge in [-0.3, -0.25) is 4.98 Å². The molecule has 0 amide bonds. The van der Waals surface area contributed by atoms with Gasteiger partial charge in [0.1, 0.15) is 23.6 Å². The van der Waals surface area contributed by atoms with E-state index in [1.165, 1.54) is 30.5 Å². The fourth-order valence-electron chi connectivity index (χ4n) is 4.04. The van der Waals surface area contributed by atoms with E-state index in [2.05, 4.69) is 58.8 Å². The Morgan fingerprint density at radius 3 is 2.54 bits per heavy atom. The molecule has 2 aromatic carbocycles. The molecule has 1 aliphatic rings. The Morgan fingerprint density at radius 1 is 1.16 bits per heavy atom. The minimum absolute atomic E-state index is 0.0669. The quantitative estimate of drug-likeness (QED) is 0.338. The number of benzene rings is 2. The zero-order valence-corrected chi connectivity index (χ0v) is 20.9. The second kappa shape index (κ2) is 9.51. The Kier molecular flexibility index (Phi) is 5.90. The van der Waals surface area contributed by atoms with E-state index in [9.17, 15) is 16.3 Å². The van der Waals surface area contributed by atoms with Crippen LogP contribution in [0.4, 0.5) is 15.8 Å². The van der Waals surface area contributed by atoms with Crippen LogP contribution in [0, 0.1) is 33.9 Å². The molecule has 2 heterocycles. The van der Waals surface area contributed by atoms with Gasteiger partial charge in [0.2, 0.25) is 0 Å². The van der Waals surface area contributed by atoms with E-state index in [1.54, 1.807) is 23.0 Å². The third-order valence-corrected chi connectivity index (χ3v) is 6.10. The van der Waals surface area contributed by atoms with Crippen LogP contribution in [0.2, 0.25) is 0 Å². The molecule has 5 rings (SSSR count). The lowest BCUT2D eigenvalue weighted by Crippen LogP contribution is -2.20. The minimum atomic E-state index is -1.64. The standard InChI is InChI=1S/C28H27FN8/c1-28(2,3)16-33-26-19(13-31)14-32-25-18(12-30)10-21(11-23(25)26)34-27(17-4-6-20(29)7-5-17)24-15-37(36-35-24)22-8-9-22/h4-7,10-11,14-15,22,27,34H,8-9,16H2,1-3H3,(H,32,33)/i27D. The van der Waals surface area contributed by atoms with E-state index in [1.807, 2.05) is 0 Å². The Hall–Kier alpha value is -4.50. The molecule has 4 aromatic rings. The summed E-state index contributed by atoms with van der Waals surface area (Å²) in [5.74, 6) is -0.417. The number of hydrogen-bond acceptors (Lipinski definition) is 7. The van der Waals surface area contributed by atoms with Gasteiger partial charge in [-0.15, -0.1) is 5.10 Å². The zero-order valence-electron chi connectivity index (χ0n) is 21.9. The van der Waals surface area contributed by atoms with Crippen LogP contribution in [0.5, 0.6) is 0 Å². The van der Waals surface area contributed by atoms with Gasteiger partial charge < -0.3 is 10.6 Å². The van der Waals surface area contributed by atoms with Gasteiger partial charge in [-0.05, 0) is 48.1 Å². The molecule has 186 valence electrons. The Bertz CT molecular complexity index is 1590. The van der Waals surface area contributed by atoms with Crippen molar-refractivity contribution in [3.05, 3.63) is 77.0 Å². The summed E-state index contributed by atoms with van der Waals surface area (Å²) in [6.45, 7) is 6.82. The van der Waals surface area contributed by atoms with Gasteiger partial charge in [-0.2, -0.15) is 10.5 Å². The van der Waals surface area contributed by atoms with E-state index in [0.29, 0.717) is 45.6 Å². The Balaban J connectivity index is 1.65. The summed E-state index contributed by atoms with van der Waals surface area (Å²) >= 11 is 0. The number of fused-ring (bicyclic) bond motifs is 1. The summed E-state index contributed by atoms with van der Waals surface area (Å²) in [5.41, 5.74) is 2.84. The largest absolute Gasteiger partial charge is 0.383 e. The van der Waals surface area contributed by atoms with Crippen LogP contribution < -0.4 is 10.6 Å². The van der Waals surface area contributed by atoms with Crippen molar-refractivity contribution in [2.24, 2.45) is 5.41 Å². The predicted octanol–water partition coefficient (Wildman–Crippen LogP) is 5.70. The topological polar surface area (TPSA) is 115 Å². The van der Waals surface area contributed by atoms with E-state index < -0.39 is 11.8 Å². The van der Waals surface area contributed by atoms with Gasteiger partial charge in [-0.1, -0.05) is 38.1 Å². The zero-order chi connectivity index (χ0) is 27.1. The minimum Gasteiger partial charge on any atom is -0.383 e. The summed E-state index contributed by atoms with van der Waals surface area (Å²) in [6, 6.07) is 12.0. The fourth-order valence-corrected chi connectivity index (χ4v) is 4.04. The highest BCUT2D eigenvalue weighted by molar-refractivity contribution is 5.99. The molecule has 0 aliphatic heterocycles. The first kappa shape index (κ1) is 22.9. The molecule has 2 N–H and O–H groups in total. The summed E-state index contributed by atoms with van der Waals surface area (Å²) < 4.78 is 25.0. The maximum absolute atomic E-state index is 13.8. The van der Waals surface area contributed by atoms with Crippen molar-refractivity contribution >= 4 is 22.3 Å². The summed E-state index contributed by atoms with van der Waals surface area (Å²) in [6.07, 6.45) is 5.21. The van der Waals surface area contributed by atoms with Crippen molar-refractivity contribution in [1.29, 1.82) is 10.5 Å². The number of nitriles is 2. The van der Waals surface area contributed by atoms with E-state index >= 15 is 0 Å². The molecule has 37 heavy (non-hydrogen) atoms. The highest BCUT2D eigenvalue weighted by atomic mass is 19.1. The Labute approximate surface area is 216 Å². The molecule has 9 heteroatoms.